The molecule has 1 aliphatic rings. The van der Waals surface area contributed by atoms with E-state index in [1.54, 1.807) is 18.2 Å². The first-order valence-corrected chi connectivity index (χ1v) is 4.59. The van der Waals surface area contributed by atoms with Gasteiger partial charge in [-0.25, -0.2) is 0 Å². The molecule has 0 fully saturated rings. The number of hydrogen-bond donors (Lipinski definition) is 0. The number of benzene rings is 1. The molecule has 3 nitrogen and oxygen atoms in total. The van der Waals surface area contributed by atoms with Gasteiger partial charge in [0.2, 0.25) is 0 Å². The minimum absolute atomic E-state index is 0. The molecule has 2 rings (SSSR count). The number of aryl methyl sites for hydroxylation is 1. The summed E-state index contributed by atoms with van der Waals surface area (Å²) < 4.78 is 0. The number of rotatable bonds is 0. The molecule has 0 aliphatic carbocycles. The third-order valence-electron chi connectivity index (χ3n) is 1.84. The summed E-state index contributed by atoms with van der Waals surface area (Å²) in [7, 11) is 0. The van der Waals surface area contributed by atoms with Crippen molar-refractivity contribution in [1.29, 1.82) is 0 Å². The summed E-state index contributed by atoms with van der Waals surface area (Å²) in [5, 5.41) is 3.32. The van der Waals surface area contributed by atoms with E-state index in [1.165, 1.54) is 0 Å². The summed E-state index contributed by atoms with van der Waals surface area (Å²) in [6.45, 7) is 5.87. The molecular weight excluding hydrogens is 362 g/mol. The fourth-order valence-electron chi connectivity index (χ4n) is 1.23. The molecule has 0 radical (unpaired) electrons. The molecule has 0 N–H and O–H groups in total. The van der Waals surface area contributed by atoms with E-state index in [2.05, 4.69) is 5.32 Å². The molecule has 0 spiro atoms. The second-order valence-electron chi connectivity index (χ2n) is 2.77. The number of carbonyl (C=O) groups is 2. The molecule has 1 aromatic carbocycles. The Labute approximate surface area is 104 Å². The first-order chi connectivity index (χ1) is 6.68. The molecule has 1 aromatic rings. The van der Waals surface area contributed by atoms with Crippen LogP contribution in [0.3, 0.4) is 0 Å². The normalized spacial score (nSPS) is 11.9. The summed E-state index contributed by atoms with van der Waals surface area (Å²) in [6.07, 6.45) is 0. The molecule has 0 saturated heterocycles. The number of amides is 2. The first kappa shape index (κ1) is 14.0. The molecule has 1 heterocycles. The Morgan fingerprint density at radius 1 is 1.00 bits per heavy atom. The molecule has 0 saturated carbocycles. The molecule has 0 unspecified atom stereocenters. The van der Waals surface area contributed by atoms with Gasteiger partial charge in [0.1, 0.15) is 0 Å². The van der Waals surface area contributed by atoms with Crippen molar-refractivity contribution in [2.75, 3.05) is 0 Å². The fraction of sp³-hybridized carbons (Fsp3) is 0.273. The van der Waals surface area contributed by atoms with Crippen LogP contribution in [0.5, 0.6) is 0 Å². The molecule has 4 heteroatoms. The minimum atomic E-state index is -0.421. The Morgan fingerprint density at radius 2 is 1.53 bits per heavy atom. The molecule has 0 bridgehead atoms. The maximum Gasteiger partial charge on any atom is 0.0883 e. The van der Waals surface area contributed by atoms with Crippen LogP contribution in [-0.4, -0.2) is 11.8 Å². The molecule has 15 heavy (non-hydrogen) atoms. The summed E-state index contributed by atoms with van der Waals surface area (Å²) in [5.41, 5.74) is 1.82. The van der Waals surface area contributed by atoms with Crippen LogP contribution in [-0.2, 0) is 21.1 Å². The van der Waals surface area contributed by atoms with Crippen LogP contribution in [0.2, 0.25) is 0 Å². The van der Waals surface area contributed by atoms with E-state index in [4.69, 9.17) is 0 Å². The monoisotopic (exact) mass is 374 g/mol. The Morgan fingerprint density at radius 3 is 2.13 bits per heavy atom. The van der Waals surface area contributed by atoms with Crippen LogP contribution in [0.25, 0.3) is 5.32 Å². The van der Waals surface area contributed by atoms with Crippen LogP contribution in [0, 0.1) is 6.92 Å². The van der Waals surface area contributed by atoms with Crippen LogP contribution >= 0.6 is 0 Å². The average Bonchev–Trinajstić information content (AvgIpc) is 2.46. The van der Waals surface area contributed by atoms with Gasteiger partial charge >= 0.3 is 0 Å². The van der Waals surface area contributed by atoms with Crippen LogP contribution in [0.1, 0.15) is 40.1 Å². The number of imide groups is 1. The van der Waals surface area contributed by atoms with Crippen molar-refractivity contribution >= 4 is 11.8 Å². The van der Waals surface area contributed by atoms with Crippen molar-refractivity contribution in [1.82, 2.24) is 0 Å². The molecular formula is C11H12NO2W-. The number of hydrogen-bond acceptors (Lipinski definition) is 2. The van der Waals surface area contributed by atoms with Gasteiger partial charge in [0.15, 0.2) is 0 Å². The molecule has 0 aromatic heterocycles. The Kier molecular flexibility index (Phi) is 5.45. The van der Waals surface area contributed by atoms with Crippen molar-refractivity contribution in [3.8, 4) is 0 Å². The van der Waals surface area contributed by atoms with Gasteiger partial charge in [0.25, 0.3) is 0 Å². The maximum atomic E-state index is 11.0. The van der Waals surface area contributed by atoms with Gasteiger partial charge < -0.3 is 14.9 Å². The standard InChI is InChI=1S/C9H7NO2.C2H6.W/c1-5-2-3-6-7(4-5)9(12)10-8(6)11;1-2;/h2-4H,1H3,(H,10,11,12);1-2H3;/p-1. The van der Waals surface area contributed by atoms with E-state index in [9.17, 15) is 9.59 Å². The topological polar surface area (TPSA) is 48.2 Å². The van der Waals surface area contributed by atoms with Crippen molar-refractivity contribution in [3.05, 3.63) is 40.2 Å². The van der Waals surface area contributed by atoms with Gasteiger partial charge in [0.05, 0.1) is 11.8 Å². The van der Waals surface area contributed by atoms with E-state index in [0.717, 1.165) is 5.56 Å². The van der Waals surface area contributed by atoms with Crippen molar-refractivity contribution in [3.63, 3.8) is 0 Å². The quantitative estimate of drug-likeness (QED) is 0.656. The fourth-order valence-corrected chi connectivity index (χ4v) is 1.23. The van der Waals surface area contributed by atoms with E-state index >= 15 is 0 Å². The molecule has 1 aliphatic heterocycles. The van der Waals surface area contributed by atoms with Crippen molar-refractivity contribution < 1.29 is 30.7 Å². The predicted octanol–water partition coefficient (Wildman–Crippen LogP) is 2.69. The summed E-state index contributed by atoms with van der Waals surface area (Å²) in [4.78, 5) is 22.0. The summed E-state index contributed by atoms with van der Waals surface area (Å²) in [6, 6.07) is 5.12. The smallest absolute Gasteiger partial charge is 0.0883 e. The van der Waals surface area contributed by atoms with Gasteiger partial charge in [-0.15, -0.1) is 0 Å². The van der Waals surface area contributed by atoms with E-state index in [1.807, 2.05) is 20.8 Å². The zero-order valence-electron chi connectivity index (χ0n) is 8.90. The summed E-state index contributed by atoms with van der Waals surface area (Å²) in [5.74, 6) is -0.839. The Balaban J connectivity index is 0.000000617. The second-order valence-corrected chi connectivity index (χ2v) is 2.77. The van der Waals surface area contributed by atoms with Crippen molar-refractivity contribution in [2.24, 2.45) is 0 Å². The zero-order valence-corrected chi connectivity index (χ0v) is 11.8. The Bertz CT molecular complexity index is 388. The largest absolute Gasteiger partial charge is 0.587 e. The van der Waals surface area contributed by atoms with Gasteiger partial charge in [-0.2, -0.15) is 0 Å². The third-order valence-corrected chi connectivity index (χ3v) is 1.84. The second kappa shape index (κ2) is 5.81. The minimum Gasteiger partial charge on any atom is -0.587 e. The maximum absolute atomic E-state index is 11.0. The van der Waals surface area contributed by atoms with E-state index < -0.39 is 11.8 Å². The number of carbonyl (C=O) groups excluding carboxylic acids is 2. The predicted molar refractivity (Wildman–Crippen MR) is 54.5 cm³/mol. The third kappa shape index (κ3) is 2.75. The molecule has 0 atom stereocenters. The van der Waals surface area contributed by atoms with Crippen molar-refractivity contribution in [2.45, 2.75) is 20.8 Å². The van der Waals surface area contributed by atoms with Gasteiger partial charge in [-0.3, -0.25) is 0 Å². The van der Waals surface area contributed by atoms with E-state index in [-0.39, 0.29) is 21.1 Å². The van der Waals surface area contributed by atoms with Crippen LogP contribution in [0.4, 0.5) is 0 Å². The summed E-state index contributed by atoms with van der Waals surface area (Å²) >= 11 is 0. The SMILES string of the molecule is CC.Cc1ccc2c(c1)C(=O)[N-]C2=O.[W]. The zero-order chi connectivity index (χ0) is 10.7. The first-order valence-electron chi connectivity index (χ1n) is 4.59. The average molecular weight is 374 g/mol. The Hall–Kier alpha value is -0.952. The van der Waals surface area contributed by atoms with Gasteiger partial charge in [-0.05, 0) is 13.0 Å². The van der Waals surface area contributed by atoms with Gasteiger partial charge in [0, 0.05) is 32.2 Å². The van der Waals surface area contributed by atoms with E-state index in [0.29, 0.717) is 11.1 Å². The molecule has 2 amide bonds. The van der Waals surface area contributed by atoms with Gasteiger partial charge in [-0.1, -0.05) is 31.5 Å². The number of nitrogens with zero attached hydrogens (tertiary/aromatic N) is 1. The van der Waals surface area contributed by atoms with Crippen LogP contribution in [0.15, 0.2) is 18.2 Å². The molecule has 80 valence electrons. The number of fused-ring (bicyclic) bond motifs is 1. The van der Waals surface area contributed by atoms with Crippen LogP contribution < -0.4 is 0 Å².